The number of rotatable bonds is 3. The summed E-state index contributed by atoms with van der Waals surface area (Å²) in [7, 11) is 0. The maximum Gasteiger partial charge on any atom is 0.225 e. The number of aryl methyl sites for hydroxylation is 2. The minimum Gasteiger partial charge on any atom is -0.339 e. The molecule has 5 heteroatoms. The van der Waals surface area contributed by atoms with Crippen LogP contribution in [0, 0.1) is 13.8 Å². The first kappa shape index (κ1) is 16.1. The Morgan fingerprint density at radius 3 is 2.56 bits per heavy atom. The summed E-state index contributed by atoms with van der Waals surface area (Å²) in [5.74, 6) is 0.738. The van der Waals surface area contributed by atoms with Crippen LogP contribution in [0.1, 0.15) is 11.1 Å². The highest BCUT2D eigenvalue weighted by Gasteiger charge is 2.13. The molecule has 124 valence electrons. The fourth-order valence-corrected chi connectivity index (χ4v) is 3.99. The van der Waals surface area contributed by atoms with Gasteiger partial charge in [0.05, 0.1) is 5.39 Å². The van der Waals surface area contributed by atoms with E-state index in [1.54, 1.807) is 11.3 Å². The Morgan fingerprint density at radius 2 is 1.76 bits per heavy atom. The van der Waals surface area contributed by atoms with E-state index in [2.05, 4.69) is 65.5 Å². The fraction of sp³-hybridized carbons (Fsp3) is 0.100. The van der Waals surface area contributed by atoms with Crippen LogP contribution in [-0.2, 0) is 0 Å². The van der Waals surface area contributed by atoms with E-state index in [0.29, 0.717) is 0 Å². The summed E-state index contributed by atoms with van der Waals surface area (Å²) in [6.45, 7) is 4.15. The van der Waals surface area contributed by atoms with Crippen LogP contribution in [0.3, 0.4) is 0 Å². The molecule has 0 radical (unpaired) electrons. The van der Waals surface area contributed by atoms with E-state index >= 15 is 0 Å². The van der Waals surface area contributed by atoms with Gasteiger partial charge in [-0.1, -0.05) is 42.5 Å². The minimum absolute atomic E-state index is 0.252. The maximum absolute atomic E-state index is 6.16. The molecular weight excluding hydrogens is 350 g/mol. The molecule has 0 spiro atoms. The zero-order valence-electron chi connectivity index (χ0n) is 13.9. The number of fused-ring (bicyclic) bond motifs is 1. The molecule has 4 rings (SSSR count). The molecule has 2 aromatic carbocycles. The molecule has 0 fully saturated rings. The highest BCUT2D eigenvalue weighted by Crippen LogP contribution is 2.37. The van der Waals surface area contributed by atoms with Crippen LogP contribution in [0.4, 0.5) is 11.5 Å². The predicted molar refractivity (Wildman–Crippen MR) is 107 cm³/mol. The van der Waals surface area contributed by atoms with Crippen molar-refractivity contribution in [1.29, 1.82) is 0 Å². The van der Waals surface area contributed by atoms with Crippen molar-refractivity contribution < 1.29 is 0 Å². The summed E-state index contributed by atoms with van der Waals surface area (Å²) in [6, 6.07) is 18.7. The number of benzene rings is 2. The van der Waals surface area contributed by atoms with Gasteiger partial charge >= 0.3 is 0 Å². The number of thiophene rings is 1. The topological polar surface area (TPSA) is 37.8 Å². The van der Waals surface area contributed by atoms with Crippen LogP contribution in [0.15, 0.2) is 54.6 Å². The van der Waals surface area contributed by atoms with Gasteiger partial charge in [-0.2, -0.15) is 4.98 Å². The second kappa shape index (κ2) is 6.47. The Kier molecular flexibility index (Phi) is 4.15. The summed E-state index contributed by atoms with van der Waals surface area (Å²) in [4.78, 5) is 10.9. The number of nitrogens with one attached hydrogen (secondary N) is 1. The van der Waals surface area contributed by atoms with Gasteiger partial charge in [0.25, 0.3) is 0 Å². The number of nitrogens with zero attached hydrogens (tertiary/aromatic N) is 2. The van der Waals surface area contributed by atoms with Gasteiger partial charge in [-0.3, -0.25) is 0 Å². The number of aromatic nitrogens is 2. The highest BCUT2D eigenvalue weighted by molar-refractivity contribution is 7.22. The van der Waals surface area contributed by atoms with Gasteiger partial charge in [-0.25, -0.2) is 4.98 Å². The Bertz CT molecular complexity index is 1060. The van der Waals surface area contributed by atoms with Crippen molar-refractivity contribution in [3.05, 3.63) is 71.0 Å². The quantitative estimate of drug-likeness (QED) is 0.428. The summed E-state index contributed by atoms with van der Waals surface area (Å²) in [5.41, 5.74) is 4.55. The first-order chi connectivity index (χ1) is 12.1. The number of hydrogen-bond donors (Lipinski definition) is 1. The average molecular weight is 366 g/mol. The summed E-state index contributed by atoms with van der Waals surface area (Å²) in [6.07, 6.45) is 0. The normalized spacial score (nSPS) is 11.0. The van der Waals surface area contributed by atoms with Gasteiger partial charge < -0.3 is 5.32 Å². The van der Waals surface area contributed by atoms with Crippen molar-refractivity contribution >= 4 is 44.7 Å². The first-order valence-corrected chi connectivity index (χ1v) is 9.16. The molecule has 0 atom stereocenters. The monoisotopic (exact) mass is 365 g/mol. The molecule has 2 aromatic heterocycles. The van der Waals surface area contributed by atoms with E-state index in [0.717, 1.165) is 32.2 Å². The smallest absolute Gasteiger partial charge is 0.225 e. The van der Waals surface area contributed by atoms with E-state index in [4.69, 9.17) is 11.6 Å². The third-order valence-corrected chi connectivity index (χ3v) is 5.32. The maximum atomic E-state index is 6.16. The van der Waals surface area contributed by atoms with Crippen LogP contribution < -0.4 is 5.32 Å². The molecule has 25 heavy (non-hydrogen) atoms. The van der Waals surface area contributed by atoms with Gasteiger partial charge in [-0.05, 0) is 54.3 Å². The molecule has 0 saturated heterocycles. The lowest BCUT2D eigenvalue weighted by Gasteiger charge is -2.10. The summed E-state index contributed by atoms with van der Waals surface area (Å²) in [5, 5.41) is 4.67. The van der Waals surface area contributed by atoms with Crippen LogP contribution in [0.25, 0.3) is 20.7 Å². The molecular formula is C20H16ClN3S. The molecule has 2 heterocycles. The molecule has 0 aliphatic heterocycles. The first-order valence-electron chi connectivity index (χ1n) is 7.97. The van der Waals surface area contributed by atoms with Gasteiger partial charge in [0.2, 0.25) is 5.28 Å². The molecule has 0 unspecified atom stereocenters. The van der Waals surface area contributed by atoms with Gasteiger partial charge in [-0.15, -0.1) is 11.3 Å². The largest absolute Gasteiger partial charge is 0.339 e. The minimum atomic E-state index is 0.252. The van der Waals surface area contributed by atoms with Crippen LogP contribution in [0.2, 0.25) is 5.28 Å². The zero-order valence-corrected chi connectivity index (χ0v) is 15.4. The zero-order chi connectivity index (χ0) is 17.4. The van der Waals surface area contributed by atoms with Crippen molar-refractivity contribution in [2.24, 2.45) is 0 Å². The molecule has 3 nitrogen and oxygen atoms in total. The predicted octanol–water partition coefficient (Wildman–Crippen LogP) is 6.37. The van der Waals surface area contributed by atoms with Crippen LogP contribution >= 0.6 is 22.9 Å². The fourth-order valence-electron chi connectivity index (χ4n) is 2.73. The van der Waals surface area contributed by atoms with Crippen molar-refractivity contribution in [3.8, 4) is 10.4 Å². The summed E-state index contributed by atoms with van der Waals surface area (Å²) >= 11 is 7.78. The van der Waals surface area contributed by atoms with Crippen molar-refractivity contribution in [2.75, 3.05) is 5.32 Å². The molecule has 4 aromatic rings. The third-order valence-electron chi connectivity index (χ3n) is 4.07. The molecule has 0 saturated carbocycles. The molecule has 0 amide bonds. The number of hydrogen-bond acceptors (Lipinski definition) is 4. The van der Waals surface area contributed by atoms with Gasteiger partial charge in [0, 0.05) is 10.6 Å². The molecule has 0 bridgehead atoms. The standard InChI is InChI=1S/C20H16ClN3S/c1-12-8-9-13(2)16(10-12)22-18-15-11-17(14-6-4-3-5-7-14)25-19(15)24-20(21)23-18/h3-11H,1-2H3,(H,22,23,24). The van der Waals surface area contributed by atoms with Crippen LogP contribution in [0.5, 0.6) is 0 Å². The van der Waals surface area contributed by atoms with E-state index in [-0.39, 0.29) is 5.28 Å². The van der Waals surface area contributed by atoms with Gasteiger partial charge in [0.15, 0.2) is 0 Å². The van der Waals surface area contributed by atoms with E-state index < -0.39 is 0 Å². The number of anilines is 2. The van der Waals surface area contributed by atoms with Crippen molar-refractivity contribution in [3.63, 3.8) is 0 Å². The van der Waals surface area contributed by atoms with Crippen LogP contribution in [-0.4, -0.2) is 9.97 Å². The second-order valence-electron chi connectivity index (χ2n) is 5.98. The average Bonchev–Trinajstić information content (AvgIpc) is 3.03. The molecule has 0 aliphatic rings. The Labute approximate surface area is 155 Å². The molecule has 1 N–H and O–H groups in total. The van der Waals surface area contributed by atoms with E-state index in [1.807, 2.05) is 18.2 Å². The highest BCUT2D eigenvalue weighted by atomic mass is 35.5. The van der Waals surface area contributed by atoms with Crippen molar-refractivity contribution in [1.82, 2.24) is 9.97 Å². The lowest BCUT2D eigenvalue weighted by atomic mass is 10.1. The van der Waals surface area contributed by atoms with E-state index in [1.165, 1.54) is 11.1 Å². The lowest BCUT2D eigenvalue weighted by molar-refractivity contribution is 1.22. The third kappa shape index (κ3) is 3.23. The second-order valence-corrected chi connectivity index (χ2v) is 7.35. The lowest BCUT2D eigenvalue weighted by Crippen LogP contribution is -1.98. The van der Waals surface area contributed by atoms with Crippen molar-refractivity contribution in [2.45, 2.75) is 13.8 Å². The van der Waals surface area contributed by atoms with Gasteiger partial charge in [0.1, 0.15) is 10.6 Å². The Hall–Kier alpha value is -2.43. The SMILES string of the molecule is Cc1ccc(C)c(Nc2nc(Cl)nc3sc(-c4ccccc4)cc23)c1. The Balaban J connectivity index is 1.83. The Morgan fingerprint density at radius 1 is 0.960 bits per heavy atom. The molecule has 0 aliphatic carbocycles. The van der Waals surface area contributed by atoms with E-state index in [9.17, 15) is 0 Å². The summed E-state index contributed by atoms with van der Waals surface area (Å²) < 4.78 is 0. The number of halogens is 1.